The van der Waals surface area contributed by atoms with Crippen LogP contribution in [0.25, 0.3) is 11.1 Å². The first-order valence-corrected chi connectivity index (χ1v) is 6.28. The van der Waals surface area contributed by atoms with Gasteiger partial charge in [-0.2, -0.15) is 0 Å². The van der Waals surface area contributed by atoms with Crippen molar-refractivity contribution in [2.75, 3.05) is 14.2 Å². The number of hydrogen-bond acceptors (Lipinski definition) is 3. The molecule has 0 saturated heterocycles. The maximum atomic E-state index is 6.20. The van der Waals surface area contributed by atoms with Crippen molar-refractivity contribution in [2.45, 2.75) is 6.54 Å². The van der Waals surface area contributed by atoms with Crippen LogP contribution in [0.5, 0.6) is 11.5 Å². The molecule has 0 spiro atoms. The van der Waals surface area contributed by atoms with Crippen molar-refractivity contribution < 1.29 is 9.47 Å². The fourth-order valence-corrected chi connectivity index (χ4v) is 2.18. The van der Waals surface area contributed by atoms with Gasteiger partial charge in [0, 0.05) is 17.1 Å². The molecule has 3 nitrogen and oxygen atoms in total. The van der Waals surface area contributed by atoms with Gasteiger partial charge < -0.3 is 15.2 Å². The molecule has 0 aliphatic carbocycles. The highest BCUT2D eigenvalue weighted by molar-refractivity contribution is 6.31. The molecule has 2 aromatic carbocycles. The second kappa shape index (κ2) is 5.95. The number of ether oxygens (including phenoxy) is 2. The van der Waals surface area contributed by atoms with Gasteiger partial charge in [-0.3, -0.25) is 0 Å². The third-order valence-corrected chi connectivity index (χ3v) is 3.34. The van der Waals surface area contributed by atoms with Gasteiger partial charge in [-0.25, -0.2) is 0 Å². The van der Waals surface area contributed by atoms with Gasteiger partial charge in [0.25, 0.3) is 0 Å². The second-order valence-corrected chi connectivity index (χ2v) is 4.48. The van der Waals surface area contributed by atoms with Crippen LogP contribution in [0.15, 0.2) is 36.4 Å². The van der Waals surface area contributed by atoms with E-state index < -0.39 is 0 Å². The molecule has 0 atom stereocenters. The molecule has 0 radical (unpaired) electrons. The Kier molecular flexibility index (Phi) is 4.30. The van der Waals surface area contributed by atoms with Crippen LogP contribution in [0, 0.1) is 0 Å². The van der Waals surface area contributed by atoms with Crippen molar-refractivity contribution in [3.8, 4) is 22.6 Å². The Morgan fingerprint density at radius 3 is 2.42 bits per heavy atom. The van der Waals surface area contributed by atoms with E-state index in [2.05, 4.69) is 0 Å². The maximum Gasteiger partial charge on any atom is 0.126 e. The maximum absolute atomic E-state index is 6.20. The monoisotopic (exact) mass is 277 g/mol. The van der Waals surface area contributed by atoms with E-state index in [1.807, 2.05) is 36.4 Å². The molecule has 19 heavy (non-hydrogen) atoms. The lowest BCUT2D eigenvalue weighted by molar-refractivity contribution is 0.404. The number of halogens is 1. The summed E-state index contributed by atoms with van der Waals surface area (Å²) in [5.41, 5.74) is 8.44. The molecule has 2 rings (SSSR count). The Morgan fingerprint density at radius 1 is 1.05 bits per heavy atom. The van der Waals surface area contributed by atoms with Gasteiger partial charge in [0.1, 0.15) is 11.5 Å². The average Bonchev–Trinajstić information content (AvgIpc) is 2.46. The number of rotatable bonds is 4. The Labute approximate surface area is 117 Å². The molecule has 0 unspecified atom stereocenters. The van der Waals surface area contributed by atoms with Crippen LogP contribution in [0.1, 0.15) is 5.56 Å². The van der Waals surface area contributed by atoms with Crippen LogP contribution in [-0.4, -0.2) is 14.2 Å². The van der Waals surface area contributed by atoms with Gasteiger partial charge in [-0.05, 0) is 35.4 Å². The molecule has 0 amide bonds. The molecule has 0 heterocycles. The van der Waals surface area contributed by atoms with E-state index in [-0.39, 0.29) is 0 Å². The summed E-state index contributed by atoms with van der Waals surface area (Å²) in [5, 5.41) is 0.657. The standard InChI is InChI=1S/C15H16ClNO2/c1-18-12-5-6-15(19-2)13(8-12)10-3-4-11(9-17)14(16)7-10/h3-8H,9,17H2,1-2H3. The zero-order valence-corrected chi connectivity index (χ0v) is 11.7. The van der Waals surface area contributed by atoms with Crippen molar-refractivity contribution in [3.05, 3.63) is 47.0 Å². The van der Waals surface area contributed by atoms with Gasteiger partial charge in [0.2, 0.25) is 0 Å². The smallest absolute Gasteiger partial charge is 0.126 e. The first-order chi connectivity index (χ1) is 9.19. The predicted octanol–water partition coefficient (Wildman–Crippen LogP) is 3.48. The molecule has 4 heteroatoms. The number of methoxy groups -OCH3 is 2. The first kappa shape index (κ1) is 13.7. The van der Waals surface area contributed by atoms with Crippen LogP contribution >= 0.6 is 11.6 Å². The quantitative estimate of drug-likeness (QED) is 0.930. The van der Waals surface area contributed by atoms with Crippen molar-refractivity contribution >= 4 is 11.6 Å². The van der Waals surface area contributed by atoms with E-state index in [0.29, 0.717) is 11.6 Å². The van der Waals surface area contributed by atoms with Gasteiger partial charge in [0.05, 0.1) is 14.2 Å². The van der Waals surface area contributed by atoms with E-state index in [1.54, 1.807) is 14.2 Å². The van der Waals surface area contributed by atoms with E-state index in [4.69, 9.17) is 26.8 Å². The van der Waals surface area contributed by atoms with Gasteiger partial charge in [-0.1, -0.05) is 23.7 Å². The minimum Gasteiger partial charge on any atom is -0.497 e. The number of benzene rings is 2. The lowest BCUT2D eigenvalue weighted by Gasteiger charge is -2.12. The van der Waals surface area contributed by atoms with E-state index in [9.17, 15) is 0 Å². The Morgan fingerprint density at radius 2 is 1.84 bits per heavy atom. The Bertz CT molecular complexity index is 584. The molecule has 0 fully saturated rings. The minimum absolute atomic E-state index is 0.425. The van der Waals surface area contributed by atoms with Crippen LogP contribution in [-0.2, 0) is 6.54 Å². The molecular weight excluding hydrogens is 262 g/mol. The summed E-state index contributed by atoms with van der Waals surface area (Å²) in [6.45, 7) is 0.425. The second-order valence-electron chi connectivity index (χ2n) is 4.08. The molecule has 2 aromatic rings. The van der Waals surface area contributed by atoms with Crippen molar-refractivity contribution in [3.63, 3.8) is 0 Å². The lowest BCUT2D eigenvalue weighted by atomic mass is 10.0. The normalized spacial score (nSPS) is 10.3. The zero-order chi connectivity index (χ0) is 13.8. The fourth-order valence-electron chi connectivity index (χ4n) is 1.92. The summed E-state index contributed by atoms with van der Waals surface area (Å²) in [5.74, 6) is 1.55. The average molecular weight is 278 g/mol. The highest BCUT2D eigenvalue weighted by Gasteiger charge is 2.09. The summed E-state index contributed by atoms with van der Waals surface area (Å²) < 4.78 is 10.6. The summed E-state index contributed by atoms with van der Waals surface area (Å²) in [6.07, 6.45) is 0. The third kappa shape index (κ3) is 2.83. The van der Waals surface area contributed by atoms with Crippen LogP contribution < -0.4 is 15.2 Å². The van der Waals surface area contributed by atoms with E-state index >= 15 is 0 Å². The molecule has 0 aliphatic rings. The molecule has 0 bridgehead atoms. The third-order valence-electron chi connectivity index (χ3n) is 2.99. The number of nitrogens with two attached hydrogens (primary N) is 1. The van der Waals surface area contributed by atoms with E-state index in [1.165, 1.54) is 0 Å². The van der Waals surface area contributed by atoms with Crippen LogP contribution in [0.3, 0.4) is 0 Å². The van der Waals surface area contributed by atoms with Crippen molar-refractivity contribution in [2.24, 2.45) is 5.73 Å². The largest absolute Gasteiger partial charge is 0.497 e. The predicted molar refractivity (Wildman–Crippen MR) is 77.9 cm³/mol. The van der Waals surface area contributed by atoms with Crippen LogP contribution in [0.4, 0.5) is 0 Å². The topological polar surface area (TPSA) is 44.5 Å². The van der Waals surface area contributed by atoms with Gasteiger partial charge >= 0.3 is 0 Å². The Hall–Kier alpha value is -1.71. The highest BCUT2D eigenvalue weighted by atomic mass is 35.5. The highest BCUT2D eigenvalue weighted by Crippen LogP contribution is 2.35. The van der Waals surface area contributed by atoms with Crippen LogP contribution in [0.2, 0.25) is 5.02 Å². The first-order valence-electron chi connectivity index (χ1n) is 5.90. The molecule has 2 N–H and O–H groups in total. The van der Waals surface area contributed by atoms with Gasteiger partial charge in [-0.15, -0.1) is 0 Å². The zero-order valence-electron chi connectivity index (χ0n) is 10.9. The van der Waals surface area contributed by atoms with Gasteiger partial charge in [0.15, 0.2) is 0 Å². The molecule has 0 aliphatic heterocycles. The SMILES string of the molecule is COc1ccc(OC)c(-c2ccc(CN)c(Cl)c2)c1. The molecular formula is C15H16ClNO2. The lowest BCUT2D eigenvalue weighted by Crippen LogP contribution is -1.97. The number of hydrogen-bond donors (Lipinski definition) is 1. The fraction of sp³-hybridized carbons (Fsp3) is 0.200. The van der Waals surface area contributed by atoms with E-state index in [0.717, 1.165) is 28.2 Å². The summed E-state index contributed by atoms with van der Waals surface area (Å²) in [7, 11) is 3.28. The molecule has 0 saturated carbocycles. The summed E-state index contributed by atoms with van der Waals surface area (Å²) >= 11 is 6.20. The Balaban J connectivity index is 2.53. The van der Waals surface area contributed by atoms with Crippen molar-refractivity contribution in [1.82, 2.24) is 0 Å². The molecule has 100 valence electrons. The summed E-state index contributed by atoms with van der Waals surface area (Å²) in [6, 6.07) is 11.5. The van der Waals surface area contributed by atoms with Crippen molar-refractivity contribution in [1.29, 1.82) is 0 Å². The minimum atomic E-state index is 0.425. The summed E-state index contributed by atoms with van der Waals surface area (Å²) in [4.78, 5) is 0. The molecule has 0 aromatic heterocycles.